The fourth-order valence-electron chi connectivity index (χ4n) is 3.91. The number of sulfonamides is 1. The van der Waals surface area contributed by atoms with Crippen LogP contribution in [-0.2, 0) is 14.8 Å². The molecule has 33 heavy (non-hydrogen) atoms. The lowest BCUT2D eigenvalue weighted by Crippen LogP contribution is -2.50. The summed E-state index contributed by atoms with van der Waals surface area (Å²) >= 11 is 0. The molecular weight excluding hydrogens is 447 g/mol. The zero-order chi connectivity index (χ0) is 24.3. The zero-order valence-corrected chi connectivity index (χ0v) is 20.2. The molecule has 2 aromatic rings. The largest absolute Gasteiger partial charge is 0.487 e. The van der Waals surface area contributed by atoms with Crippen LogP contribution in [0.1, 0.15) is 27.2 Å². The van der Waals surface area contributed by atoms with E-state index in [-0.39, 0.29) is 48.0 Å². The van der Waals surface area contributed by atoms with Crippen LogP contribution in [0.2, 0.25) is 0 Å². The number of halogens is 1. The number of amides is 1. The molecule has 2 aromatic carbocycles. The molecule has 0 spiro atoms. The number of aliphatic hydroxyl groups is 1. The minimum absolute atomic E-state index is 0.00460. The van der Waals surface area contributed by atoms with Gasteiger partial charge in [0, 0.05) is 32.0 Å². The molecular formula is C24H31FN2O5S. The number of aliphatic hydroxyl groups excluding tert-OH is 1. The van der Waals surface area contributed by atoms with Gasteiger partial charge in [-0.2, -0.15) is 4.31 Å². The molecule has 0 unspecified atom stereocenters. The maximum absolute atomic E-state index is 13.5. The van der Waals surface area contributed by atoms with Crippen LogP contribution in [0.3, 0.4) is 0 Å². The van der Waals surface area contributed by atoms with Crippen LogP contribution in [0.15, 0.2) is 47.4 Å². The molecule has 0 saturated heterocycles. The molecule has 3 rings (SSSR count). The normalized spacial score (nSPS) is 21.3. The third-order valence-corrected chi connectivity index (χ3v) is 8.05. The second-order valence-electron chi connectivity index (χ2n) is 8.54. The lowest BCUT2D eigenvalue weighted by atomic mass is 10.0. The lowest BCUT2D eigenvalue weighted by molar-refractivity contribution is -0.131. The molecule has 1 amide bonds. The molecule has 1 heterocycles. The van der Waals surface area contributed by atoms with Crippen LogP contribution in [0, 0.1) is 11.7 Å². The van der Waals surface area contributed by atoms with Crippen molar-refractivity contribution in [3.63, 3.8) is 0 Å². The van der Waals surface area contributed by atoms with Crippen molar-refractivity contribution >= 4 is 15.9 Å². The van der Waals surface area contributed by atoms with Gasteiger partial charge in [0.25, 0.3) is 0 Å². The SMILES string of the molecule is CCC(=O)N(C)C[C@@H]1Oc2cc(-c3ccc(F)cc3)ccc2S(=O)(=O)N([C@H](C)CO)C[C@H]1C. The van der Waals surface area contributed by atoms with Crippen molar-refractivity contribution in [2.45, 2.75) is 44.2 Å². The number of nitrogens with zero attached hydrogens (tertiary/aromatic N) is 2. The number of fused-ring (bicyclic) bond motifs is 1. The molecule has 9 heteroatoms. The maximum atomic E-state index is 13.5. The van der Waals surface area contributed by atoms with Crippen LogP contribution < -0.4 is 4.74 Å². The van der Waals surface area contributed by atoms with E-state index >= 15 is 0 Å². The average molecular weight is 479 g/mol. The third kappa shape index (κ3) is 5.37. The number of carbonyl (C=O) groups excluding carboxylic acids is 1. The van der Waals surface area contributed by atoms with E-state index in [0.29, 0.717) is 17.5 Å². The Balaban J connectivity index is 2.11. The predicted molar refractivity (Wildman–Crippen MR) is 124 cm³/mol. The highest BCUT2D eigenvalue weighted by Crippen LogP contribution is 2.36. The Kier molecular flexibility index (Phi) is 7.76. The first kappa shape index (κ1) is 25.1. The van der Waals surface area contributed by atoms with Gasteiger partial charge in [-0.3, -0.25) is 4.79 Å². The number of hydrogen-bond donors (Lipinski definition) is 1. The topological polar surface area (TPSA) is 87.2 Å². The Labute approximate surface area is 194 Å². The number of rotatable bonds is 6. The lowest BCUT2D eigenvalue weighted by Gasteiger charge is -2.37. The van der Waals surface area contributed by atoms with Gasteiger partial charge >= 0.3 is 0 Å². The summed E-state index contributed by atoms with van der Waals surface area (Å²) in [4.78, 5) is 13.8. The Morgan fingerprint density at radius 1 is 1.24 bits per heavy atom. The van der Waals surface area contributed by atoms with Crippen molar-refractivity contribution in [3.05, 3.63) is 48.3 Å². The third-order valence-electron chi connectivity index (χ3n) is 6.03. The van der Waals surface area contributed by atoms with E-state index in [2.05, 4.69) is 0 Å². The molecule has 1 N–H and O–H groups in total. The molecule has 1 aliphatic rings. The molecule has 0 bridgehead atoms. The molecule has 180 valence electrons. The van der Waals surface area contributed by atoms with Crippen LogP contribution in [0.4, 0.5) is 4.39 Å². The Bertz CT molecular complexity index is 1090. The highest BCUT2D eigenvalue weighted by atomic mass is 32.2. The second kappa shape index (κ2) is 10.2. The summed E-state index contributed by atoms with van der Waals surface area (Å²) in [6.07, 6.45) is -0.123. The number of likely N-dealkylation sites (N-methyl/N-ethyl adjacent to an activating group) is 1. The van der Waals surface area contributed by atoms with Crippen molar-refractivity contribution in [2.75, 3.05) is 26.7 Å². The summed E-state index contributed by atoms with van der Waals surface area (Å²) in [6.45, 7) is 5.41. The Hall–Kier alpha value is -2.49. The van der Waals surface area contributed by atoms with Gasteiger partial charge in [0.05, 0.1) is 13.2 Å². The minimum Gasteiger partial charge on any atom is -0.487 e. The van der Waals surface area contributed by atoms with Gasteiger partial charge in [-0.15, -0.1) is 0 Å². The van der Waals surface area contributed by atoms with E-state index in [1.165, 1.54) is 22.5 Å². The van der Waals surface area contributed by atoms with Crippen molar-refractivity contribution < 1.29 is 27.4 Å². The smallest absolute Gasteiger partial charge is 0.247 e. The fraction of sp³-hybridized carbons (Fsp3) is 0.458. The van der Waals surface area contributed by atoms with Crippen molar-refractivity contribution in [1.82, 2.24) is 9.21 Å². The van der Waals surface area contributed by atoms with Crippen LogP contribution >= 0.6 is 0 Å². The van der Waals surface area contributed by atoms with Crippen LogP contribution in [0.5, 0.6) is 5.75 Å². The van der Waals surface area contributed by atoms with E-state index in [4.69, 9.17) is 4.74 Å². The summed E-state index contributed by atoms with van der Waals surface area (Å²) in [5, 5.41) is 9.73. The Morgan fingerprint density at radius 2 is 1.88 bits per heavy atom. The van der Waals surface area contributed by atoms with Crippen molar-refractivity contribution in [1.29, 1.82) is 0 Å². The number of benzene rings is 2. The monoisotopic (exact) mass is 478 g/mol. The molecule has 0 saturated carbocycles. The first-order valence-corrected chi connectivity index (χ1v) is 12.5. The van der Waals surface area contributed by atoms with Gasteiger partial charge in [0.2, 0.25) is 15.9 Å². The molecule has 0 radical (unpaired) electrons. The average Bonchev–Trinajstić information content (AvgIpc) is 2.80. The van der Waals surface area contributed by atoms with Gasteiger partial charge in [0.1, 0.15) is 22.6 Å². The summed E-state index contributed by atoms with van der Waals surface area (Å²) in [5.41, 5.74) is 1.39. The number of carbonyl (C=O) groups is 1. The minimum atomic E-state index is -3.96. The van der Waals surface area contributed by atoms with E-state index in [1.807, 2.05) is 6.92 Å². The highest BCUT2D eigenvalue weighted by Gasteiger charge is 2.38. The van der Waals surface area contributed by atoms with E-state index < -0.39 is 22.2 Å². The first-order chi connectivity index (χ1) is 15.6. The van der Waals surface area contributed by atoms with E-state index in [0.717, 1.165) is 0 Å². The molecule has 3 atom stereocenters. The van der Waals surface area contributed by atoms with Crippen molar-refractivity contribution in [3.8, 4) is 16.9 Å². The number of ether oxygens (including phenoxy) is 1. The molecule has 1 aliphatic heterocycles. The summed E-state index contributed by atoms with van der Waals surface area (Å²) < 4.78 is 48.0. The van der Waals surface area contributed by atoms with Crippen LogP contribution in [-0.4, -0.2) is 67.5 Å². The van der Waals surface area contributed by atoms with Gasteiger partial charge < -0.3 is 14.7 Å². The molecule has 0 aliphatic carbocycles. The van der Waals surface area contributed by atoms with E-state index in [1.54, 1.807) is 50.1 Å². The van der Waals surface area contributed by atoms with Crippen molar-refractivity contribution in [2.24, 2.45) is 5.92 Å². The van der Waals surface area contributed by atoms with Gasteiger partial charge in [-0.05, 0) is 42.3 Å². The molecule has 7 nitrogen and oxygen atoms in total. The Morgan fingerprint density at radius 3 is 2.48 bits per heavy atom. The molecule has 0 fully saturated rings. The van der Waals surface area contributed by atoms with Crippen LogP contribution in [0.25, 0.3) is 11.1 Å². The fourth-order valence-corrected chi connectivity index (χ4v) is 5.73. The van der Waals surface area contributed by atoms with Gasteiger partial charge in [-0.25, -0.2) is 12.8 Å². The van der Waals surface area contributed by atoms with E-state index in [9.17, 15) is 22.7 Å². The summed E-state index contributed by atoms with van der Waals surface area (Å²) in [7, 11) is -2.26. The predicted octanol–water partition coefficient (Wildman–Crippen LogP) is 3.13. The maximum Gasteiger partial charge on any atom is 0.247 e. The summed E-state index contributed by atoms with van der Waals surface area (Å²) in [5.74, 6) is -0.499. The first-order valence-electron chi connectivity index (χ1n) is 11.0. The quantitative estimate of drug-likeness (QED) is 0.689. The van der Waals surface area contributed by atoms with Gasteiger partial charge in [0.15, 0.2) is 0 Å². The highest BCUT2D eigenvalue weighted by molar-refractivity contribution is 7.89. The summed E-state index contributed by atoms with van der Waals surface area (Å²) in [6, 6.07) is 10.0. The second-order valence-corrected chi connectivity index (χ2v) is 10.4. The number of hydrogen-bond acceptors (Lipinski definition) is 5. The standard InChI is InChI=1S/C24H31FN2O5S/c1-5-24(29)26(4)14-22-16(2)13-27(17(3)15-28)33(30,31)23-11-8-19(12-21(23)32-22)18-6-9-20(25)10-7-18/h6-12,16-17,22,28H,5,13-15H2,1-4H3/t16-,17-,22+/m1/s1. The molecule has 0 aromatic heterocycles. The van der Waals surface area contributed by atoms with Gasteiger partial charge in [-0.1, -0.05) is 32.0 Å². The zero-order valence-electron chi connectivity index (χ0n) is 19.4.